The first-order valence-electron chi connectivity index (χ1n) is 7.52. The number of carbonyl (C=O) groups is 1. The van der Waals surface area contributed by atoms with Crippen LogP contribution in [-0.4, -0.2) is 5.97 Å². The number of rotatable bonds is 4. The number of ether oxygens (including phenoxy) is 1. The normalized spacial score (nSPS) is 11.1. The number of carbonyl (C=O) groups excluding carboxylic acids is 1. The van der Waals surface area contributed by atoms with E-state index in [1.54, 1.807) is 6.08 Å². The van der Waals surface area contributed by atoms with Gasteiger partial charge in [-0.25, -0.2) is 9.18 Å². The second kappa shape index (κ2) is 7.38. The number of halogens is 1. The second-order valence-electron chi connectivity index (χ2n) is 5.18. The lowest BCUT2D eigenvalue weighted by atomic mass is 10.1. The molecule has 0 atom stereocenters. The molecule has 3 heteroatoms. The third-order valence-electron chi connectivity index (χ3n) is 3.44. The molecule has 0 radical (unpaired) electrons. The molecule has 0 aromatic heterocycles. The second-order valence-corrected chi connectivity index (χ2v) is 5.18. The standard InChI is InChI=1S/C21H15FO2/c22-19-13-11-18(12-14-19)21(23)24-20(17-9-5-2-6-10-17)15-16-7-3-1-4-8-16/h1-15H/b20-15-. The molecule has 0 saturated heterocycles. The summed E-state index contributed by atoms with van der Waals surface area (Å²) in [6.45, 7) is 0. The molecule has 3 aromatic carbocycles. The van der Waals surface area contributed by atoms with Crippen molar-refractivity contribution >= 4 is 17.8 Å². The van der Waals surface area contributed by atoms with Gasteiger partial charge in [0.15, 0.2) is 0 Å². The average Bonchev–Trinajstić information content (AvgIpc) is 2.63. The van der Waals surface area contributed by atoms with Gasteiger partial charge in [-0.05, 0) is 35.9 Å². The maximum absolute atomic E-state index is 13.0. The molecule has 0 fully saturated rings. The smallest absolute Gasteiger partial charge is 0.343 e. The van der Waals surface area contributed by atoms with E-state index in [1.165, 1.54) is 24.3 Å². The molecular weight excluding hydrogens is 303 g/mol. The Labute approximate surface area is 139 Å². The Kier molecular flexibility index (Phi) is 4.82. The molecule has 0 spiro atoms. The predicted octanol–water partition coefficient (Wildman–Crippen LogP) is 5.18. The van der Waals surface area contributed by atoms with Crippen molar-refractivity contribution in [1.82, 2.24) is 0 Å². The lowest BCUT2D eigenvalue weighted by Gasteiger charge is -2.10. The Morgan fingerprint density at radius 2 is 1.33 bits per heavy atom. The molecule has 0 aliphatic heterocycles. The first-order valence-corrected chi connectivity index (χ1v) is 7.52. The highest BCUT2D eigenvalue weighted by atomic mass is 19.1. The van der Waals surface area contributed by atoms with Gasteiger partial charge in [-0.3, -0.25) is 0 Å². The quantitative estimate of drug-likeness (QED) is 0.376. The first kappa shape index (κ1) is 15.7. The average molecular weight is 318 g/mol. The van der Waals surface area contributed by atoms with Gasteiger partial charge in [0.1, 0.15) is 11.6 Å². The van der Waals surface area contributed by atoms with Gasteiger partial charge < -0.3 is 4.74 Å². The molecule has 3 aromatic rings. The molecule has 0 aliphatic carbocycles. The molecule has 24 heavy (non-hydrogen) atoms. The molecule has 0 amide bonds. The van der Waals surface area contributed by atoms with Crippen LogP contribution in [0, 0.1) is 5.82 Å². The minimum Gasteiger partial charge on any atom is -0.422 e. The van der Waals surface area contributed by atoms with Crippen molar-refractivity contribution in [1.29, 1.82) is 0 Å². The summed E-state index contributed by atoms with van der Waals surface area (Å²) < 4.78 is 18.6. The molecule has 2 nitrogen and oxygen atoms in total. The van der Waals surface area contributed by atoms with Crippen LogP contribution in [0.3, 0.4) is 0 Å². The fraction of sp³-hybridized carbons (Fsp3) is 0. The van der Waals surface area contributed by atoms with E-state index in [0.717, 1.165) is 11.1 Å². The highest BCUT2D eigenvalue weighted by Crippen LogP contribution is 2.21. The van der Waals surface area contributed by atoms with Gasteiger partial charge in [-0.1, -0.05) is 60.7 Å². The summed E-state index contributed by atoms with van der Waals surface area (Å²) in [5.74, 6) is -0.480. The monoisotopic (exact) mass is 318 g/mol. The van der Waals surface area contributed by atoms with Crippen LogP contribution in [-0.2, 0) is 4.74 Å². The van der Waals surface area contributed by atoms with Crippen molar-refractivity contribution in [3.05, 3.63) is 107 Å². The summed E-state index contributed by atoms with van der Waals surface area (Å²) in [5.41, 5.74) is 2.01. The van der Waals surface area contributed by atoms with E-state index in [1.807, 2.05) is 60.7 Å². The number of hydrogen-bond acceptors (Lipinski definition) is 2. The van der Waals surface area contributed by atoms with Crippen LogP contribution < -0.4 is 0 Å². The van der Waals surface area contributed by atoms with Crippen LogP contribution in [0.25, 0.3) is 11.8 Å². The van der Waals surface area contributed by atoms with E-state index >= 15 is 0 Å². The topological polar surface area (TPSA) is 26.3 Å². The van der Waals surface area contributed by atoms with Gasteiger partial charge in [0.25, 0.3) is 0 Å². The summed E-state index contributed by atoms with van der Waals surface area (Å²) in [6, 6.07) is 24.3. The van der Waals surface area contributed by atoms with Crippen molar-refractivity contribution in [3.63, 3.8) is 0 Å². The number of hydrogen-bond donors (Lipinski definition) is 0. The van der Waals surface area contributed by atoms with Gasteiger partial charge in [0, 0.05) is 5.56 Å². The number of benzene rings is 3. The Bertz CT molecular complexity index is 838. The molecule has 3 rings (SSSR count). The van der Waals surface area contributed by atoms with Crippen LogP contribution >= 0.6 is 0 Å². The third kappa shape index (κ3) is 3.96. The lowest BCUT2D eigenvalue weighted by molar-refractivity contribution is 0.0693. The van der Waals surface area contributed by atoms with E-state index in [0.29, 0.717) is 11.3 Å². The van der Waals surface area contributed by atoms with Crippen molar-refractivity contribution in [2.75, 3.05) is 0 Å². The molecule has 0 N–H and O–H groups in total. The molecule has 0 heterocycles. The van der Waals surface area contributed by atoms with Crippen LogP contribution in [0.1, 0.15) is 21.5 Å². The Morgan fingerprint density at radius 1 is 0.750 bits per heavy atom. The summed E-state index contributed by atoms with van der Waals surface area (Å²) in [6.07, 6.45) is 1.80. The van der Waals surface area contributed by atoms with Gasteiger partial charge in [0.2, 0.25) is 0 Å². The summed E-state index contributed by atoms with van der Waals surface area (Å²) in [5, 5.41) is 0. The van der Waals surface area contributed by atoms with E-state index in [2.05, 4.69) is 0 Å². The minimum atomic E-state index is -0.527. The molecule has 0 aliphatic rings. The Hall–Kier alpha value is -3.20. The van der Waals surface area contributed by atoms with Gasteiger partial charge in [0.05, 0.1) is 5.56 Å². The van der Waals surface area contributed by atoms with Gasteiger partial charge in [-0.2, -0.15) is 0 Å². The SMILES string of the molecule is O=C(O/C(=C\c1ccccc1)c1ccccc1)c1ccc(F)cc1. The largest absolute Gasteiger partial charge is 0.422 e. The zero-order valence-electron chi connectivity index (χ0n) is 12.9. The predicted molar refractivity (Wildman–Crippen MR) is 92.6 cm³/mol. The Morgan fingerprint density at radius 3 is 1.96 bits per heavy atom. The maximum Gasteiger partial charge on any atom is 0.343 e. The van der Waals surface area contributed by atoms with Crippen LogP contribution in [0.2, 0.25) is 0 Å². The van der Waals surface area contributed by atoms with E-state index in [9.17, 15) is 9.18 Å². The van der Waals surface area contributed by atoms with Crippen LogP contribution in [0.15, 0.2) is 84.9 Å². The van der Waals surface area contributed by atoms with Crippen LogP contribution in [0.5, 0.6) is 0 Å². The summed E-state index contributed by atoms with van der Waals surface area (Å²) in [7, 11) is 0. The van der Waals surface area contributed by atoms with E-state index < -0.39 is 11.8 Å². The molecular formula is C21H15FO2. The highest BCUT2D eigenvalue weighted by Gasteiger charge is 2.12. The van der Waals surface area contributed by atoms with E-state index in [-0.39, 0.29) is 0 Å². The fourth-order valence-corrected chi connectivity index (χ4v) is 2.22. The van der Waals surface area contributed by atoms with Crippen molar-refractivity contribution < 1.29 is 13.9 Å². The van der Waals surface area contributed by atoms with Crippen molar-refractivity contribution in [2.24, 2.45) is 0 Å². The van der Waals surface area contributed by atoms with Crippen LogP contribution in [0.4, 0.5) is 4.39 Å². The van der Waals surface area contributed by atoms with Gasteiger partial charge >= 0.3 is 5.97 Å². The Balaban J connectivity index is 1.92. The summed E-state index contributed by atoms with van der Waals surface area (Å²) in [4.78, 5) is 12.3. The molecule has 118 valence electrons. The first-order chi connectivity index (χ1) is 11.7. The molecule has 0 unspecified atom stereocenters. The zero-order chi connectivity index (χ0) is 16.8. The minimum absolute atomic E-state index is 0.297. The van der Waals surface area contributed by atoms with E-state index in [4.69, 9.17) is 4.74 Å². The zero-order valence-corrected chi connectivity index (χ0v) is 12.9. The third-order valence-corrected chi connectivity index (χ3v) is 3.44. The van der Waals surface area contributed by atoms with Crippen molar-refractivity contribution in [3.8, 4) is 0 Å². The fourth-order valence-electron chi connectivity index (χ4n) is 2.22. The highest BCUT2D eigenvalue weighted by molar-refractivity contribution is 5.95. The molecule has 0 saturated carbocycles. The summed E-state index contributed by atoms with van der Waals surface area (Å²) >= 11 is 0. The van der Waals surface area contributed by atoms with Crippen molar-refractivity contribution in [2.45, 2.75) is 0 Å². The lowest BCUT2D eigenvalue weighted by Crippen LogP contribution is -2.04. The maximum atomic E-state index is 13.0. The van der Waals surface area contributed by atoms with Gasteiger partial charge in [-0.15, -0.1) is 0 Å². The molecule has 0 bridgehead atoms. The number of esters is 1.